The van der Waals surface area contributed by atoms with E-state index in [0.29, 0.717) is 43.9 Å². The van der Waals surface area contributed by atoms with Crippen LogP contribution in [0.15, 0.2) is 60.7 Å². The first-order valence-electron chi connectivity index (χ1n) is 9.59. The summed E-state index contributed by atoms with van der Waals surface area (Å²) in [6.45, 7) is 0. The minimum atomic E-state index is -0.716. The fourth-order valence-corrected chi connectivity index (χ4v) is 3.72. The predicted octanol–water partition coefficient (Wildman–Crippen LogP) is 4.92. The number of halogens is 2. The largest absolute Gasteiger partial charge is 0.493 e. The predicted molar refractivity (Wildman–Crippen MR) is 122 cm³/mol. The maximum absolute atomic E-state index is 13.4. The standard InChI is InChI=1S/C23H19Cl2N3O4/c1-31-19-10-5-14(11-20(19)32-2)21-26-18-9-8-16(25)12-17(18)23(30)28(21)27-22(29)13-3-6-15(24)7-4-13/h3-12,21,26H,1-2H3,(H,27,29). The van der Waals surface area contributed by atoms with Crippen LogP contribution in [-0.4, -0.2) is 31.0 Å². The lowest BCUT2D eigenvalue weighted by Gasteiger charge is -2.38. The van der Waals surface area contributed by atoms with Crippen LogP contribution in [-0.2, 0) is 0 Å². The highest BCUT2D eigenvalue weighted by molar-refractivity contribution is 6.31. The summed E-state index contributed by atoms with van der Waals surface area (Å²) in [5.74, 6) is 0.156. The molecule has 4 rings (SSSR count). The molecule has 3 aromatic carbocycles. The molecule has 0 bridgehead atoms. The van der Waals surface area contributed by atoms with Crippen molar-refractivity contribution in [3.63, 3.8) is 0 Å². The van der Waals surface area contributed by atoms with Gasteiger partial charge in [-0.3, -0.25) is 15.0 Å². The molecule has 0 saturated heterocycles. The van der Waals surface area contributed by atoms with E-state index < -0.39 is 18.0 Å². The van der Waals surface area contributed by atoms with Gasteiger partial charge in [-0.1, -0.05) is 29.3 Å². The van der Waals surface area contributed by atoms with Crippen molar-refractivity contribution in [2.75, 3.05) is 19.5 Å². The molecule has 164 valence electrons. The summed E-state index contributed by atoms with van der Waals surface area (Å²) in [7, 11) is 3.07. The average molecular weight is 472 g/mol. The van der Waals surface area contributed by atoms with Crippen LogP contribution in [0.25, 0.3) is 0 Å². The van der Waals surface area contributed by atoms with Gasteiger partial charge < -0.3 is 14.8 Å². The van der Waals surface area contributed by atoms with Crippen molar-refractivity contribution >= 4 is 40.7 Å². The summed E-state index contributed by atoms with van der Waals surface area (Å²) in [5.41, 5.74) is 4.66. The van der Waals surface area contributed by atoms with Crippen molar-refractivity contribution in [2.45, 2.75) is 6.17 Å². The van der Waals surface area contributed by atoms with Crippen LogP contribution < -0.4 is 20.2 Å². The van der Waals surface area contributed by atoms with Crippen LogP contribution in [0, 0.1) is 0 Å². The van der Waals surface area contributed by atoms with Crippen LogP contribution in [0.4, 0.5) is 5.69 Å². The molecule has 32 heavy (non-hydrogen) atoms. The molecule has 1 unspecified atom stereocenters. The molecule has 0 radical (unpaired) electrons. The number of nitrogens with one attached hydrogen (secondary N) is 2. The van der Waals surface area contributed by atoms with Crippen molar-refractivity contribution in [3.05, 3.63) is 87.4 Å². The number of hydrogen-bond acceptors (Lipinski definition) is 5. The molecule has 0 saturated carbocycles. The summed E-state index contributed by atoms with van der Waals surface area (Å²) in [5, 5.41) is 5.44. The number of nitrogens with zero attached hydrogens (tertiary/aromatic N) is 1. The van der Waals surface area contributed by atoms with Gasteiger partial charge in [0.15, 0.2) is 11.5 Å². The van der Waals surface area contributed by atoms with Crippen molar-refractivity contribution in [1.82, 2.24) is 10.4 Å². The maximum atomic E-state index is 13.4. The summed E-state index contributed by atoms with van der Waals surface area (Å²) in [4.78, 5) is 26.3. The Bertz CT molecular complexity index is 1180. The monoisotopic (exact) mass is 471 g/mol. The number of anilines is 1. The topological polar surface area (TPSA) is 79.9 Å². The minimum absolute atomic E-state index is 0.339. The highest BCUT2D eigenvalue weighted by Crippen LogP contribution is 2.37. The quantitative estimate of drug-likeness (QED) is 0.551. The van der Waals surface area contributed by atoms with Crippen LogP contribution in [0.2, 0.25) is 10.0 Å². The number of benzene rings is 3. The Morgan fingerprint density at radius 1 is 0.938 bits per heavy atom. The molecule has 2 N–H and O–H groups in total. The second-order valence-corrected chi connectivity index (χ2v) is 7.85. The Morgan fingerprint density at radius 2 is 1.62 bits per heavy atom. The van der Waals surface area contributed by atoms with E-state index in [0.717, 1.165) is 0 Å². The van der Waals surface area contributed by atoms with Crippen molar-refractivity contribution in [1.29, 1.82) is 0 Å². The summed E-state index contributed by atoms with van der Waals surface area (Å²) in [6, 6.07) is 16.6. The molecule has 3 aromatic rings. The van der Waals surface area contributed by atoms with Gasteiger partial charge in [0.2, 0.25) is 0 Å². The first-order valence-corrected chi connectivity index (χ1v) is 10.3. The lowest BCUT2D eigenvalue weighted by atomic mass is 10.0. The fourth-order valence-electron chi connectivity index (χ4n) is 3.42. The number of carbonyl (C=O) groups is 2. The number of hydrogen-bond donors (Lipinski definition) is 2. The molecule has 1 heterocycles. The zero-order valence-electron chi connectivity index (χ0n) is 17.2. The van der Waals surface area contributed by atoms with E-state index in [2.05, 4.69) is 10.7 Å². The second kappa shape index (κ2) is 8.98. The van der Waals surface area contributed by atoms with Gasteiger partial charge in [0.05, 0.1) is 19.8 Å². The highest BCUT2D eigenvalue weighted by atomic mass is 35.5. The number of fused-ring (bicyclic) bond motifs is 1. The highest BCUT2D eigenvalue weighted by Gasteiger charge is 2.35. The number of carbonyl (C=O) groups excluding carboxylic acids is 2. The van der Waals surface area contributed by atoms with Gasteiger partial charge in [0, 0.05) is 26.9 Å². The van der Waals surface area contributed by atoms with Crippen LogP contribution in [0.3, 0.4) is 0 Å². The lowest BCUT2D eigenvalue weighted by molar-refractivity contribution is 0.0490. The molecule has 1 aliphatic rings. The molecule has 9 heteroatoms. The number of hydrazine groups is 1. The third-order valence-corrected chi connectivity index (χ3v) is 5.52. The van der Waals surface area contributed by atoms with E-state index in [4.69, 9.17) is 32.7 Å². The first kappa shape index (κ1) is 21.8. The van der Waals surface area contributed by atoms with Crippen LogP contribution >= 0.6 is 23.2 Å². The molecule has 0 aromatic heterocycles. The Balaban J connectivity index is 1.75. The maximum Gasteiger partial charge on any atom is 0.276 e. The van der Waals surface area contributed by atoms with E-state index in [1.54, 1.807) is 67.8 Å². The molecule has 7 nitrogen and oxygen atoms in total. The molecule has 0 spiro atoms. The summed E-state index contributed by atoms with van der Waals surface area (Å²) >= 11 is 12.0. The molecular formula is C23H19Cl2N3O4. The Morgan fingerprint density at radius 3 is 2.31 bits per heavy atom. The van der Waals surface area contributed by atoms with E-state index in [1.165, 1.54) is 12.1 Å². The number of rotatable bonds is 5. The number of amides is 2. The normalized spacial score (nSPS) is 14.9. The van der Waals surface area contributed by atoms with E-state index in [1.807, 2.05) is 0 Å². The van der Waals surface area contributed by atoms with Gasteiger partial charge in [-0.2, -0.15) is 0 Å². The second-order valence-electron chi connectivity index (χ2n) is 6.97. The third-order valence-electron chi connectivity index (χ3n) is 5.03. The van der Waals surface area contributed by atoms with Crippen LogP contribution in [0.5, 0.6) is 11.5 Å². The molecule has 2 amide bonds. The zero-order chi connectivity index (χ0) is 22.8. The molecule has 1 atom stereocenters. The van der Waals surface area contributed by atoms with Gasteiger partial charge in [-0.15, -0.1) is 0 Å². The number of methoxy groups -OCH3 is 2. The van der Waals surface area contributed by atoms with Gasteiger partial charge in [0.1, 0.15) is 6.17 Å². The SMILES string of the molecule is COc1ccc(C2Nc3ccc(Cl)cc3C(=O)N2NC(=O)c2ccc(Cl)cc2)cc1OC. The minimum Gasteiger partial charge on any atom is -0.493 e. The molecule has 1 aliphatic heterocycles. The number of ether oxygens (including phenoxy) is 2. The first-order chi connectivity index (χ1) is 15.4. The van der Waals surface area contributed by atoms with Gasteiger partial charge in [-0.25, -0.2) is 5.01 Å². The van der Waals surface area contributed by atoms with E-state index in [9.17, 15) is 9.59 Å². The molecule has 0 fully saturated rings. The van der Waals surface area contributed by atoms with Crippen molar-refractivity contribution in [3.8, 4) is 11.5 Å². The van der Waals surface area contributed by atoms with E-state index >= 15 is 0 Å². The van der Waals surface area contributed by atoms with Gasteiger partial charge >= 0.3 is 0 Å². The van der Waals surface area contributed by atoms with Gasteiger partial charge in [0.25, 0.3) is 11.8 Å². The van der Waals surface area contributed by atoms with Gasteiger partial charge in [-0.05, 0) is 54.6 Å². The van der Waals surface area contributed by atoms with E-state index in [-0.39, 0.29) is 0 Å². The van der Waals surface area contributed by atoms with Crippen molar-refractivity contribution in [2.24, 2.45) is 0 Å². The molecular weight excluding hydrogens is 453 g/mol. The average Bonchev–Trinajstić information content (AvgIpc) is 2.81. The molecule has 0 aliphatic carbocycles. The van der Waals surface area contributed by atoms with Crippen molar-refractivity contribution < 1.29 is 19.1 Å². The summed E-state index contributed by atoms with van der Waals surface area (Å²) in [6.07, 6.45) is -0.716. The van der Waals surface area contributed by atoms with Crippen LogP contribution in [0.1, 0.15) is 32.4 Å². The fraction of sp³-hybridized carbons (Fsp3) is 0.130. The Hall–Kier alpha value is -3.42. The zero-order valence-corrected chi connectivity index (χ0v) is 18.7. The summed E-state index contributed by atoms with van der Waals surface area (Å²) < 4.78 is 10.7. The Kier molecular flexibility index (Phi) is 6.12. The smallest absolute Gasteiger partial charge is 0.276 e. The Labute approximate surface area is 194 Å². The third kappa shape index (κ3) is 4.17. The lowest BCUT2D eigenvalue weighted by Crippen LogP contribution is -2.52.